The molecule has 6 rings (SSSR count). The summed E-state index contributed by atoms with van der Waals surface area (Å²) in [5.74, 6) is 1.05. The summed E-state index contributed by atoms with van der Waals surface area (Å²) in [4.78, 5) is 26.3. The predicted octanol–water partition coefficient (Wildman–Crippen LogP) is 6.88. The van der Waals surface area contributed by atoms with Crippen molar-refractivity contribution in [3.05, 3.63) is 126 Å². The fraction of sp³-hybridized carbons (Fsp3) is 0. The summed E-state index contributed by atoms with van der Waals surface area (Å²) in [6, 6.07) is 36.1. The number of anilines is 6. The molecule has 184 valence electrons. The van der Waals surface area contributed by atoms with Crippen LogP contribution in [0, 0.1) is 0 Å². The Bertz CT molecular complexity index is 1700. The van der Waals surface area contributed by atoms with Crippen LogP contribution in [0.25, 0.3) is 22.1 Å². The van der Waals surface area contributed by atoms with E-state index >= 15 is 0 Å². The van der Waals surface area contributed by atoms with Crippen LogP contribution in [0.5, 0.6) is 0 Å². The lowest BCUT2D eigenvalue weighted by atomic mass is 10.1. The lowest BCUT2D eigenvalue weighted by molar-refractivity contribution is 0.563. The summed E-state index contributed by atoms with van der Waals surface area (Å²) >= 11 is 0. The molecule has 2 aromatic heterocycles. The molecule has 0 spiro atoms. The highest BCUT2D eigenvalue weighted by molar-refractivity contribution is 5.85. The van der Waals surface area contributed by atoms with Crippen LogP contribution >= 0.6 is 0 Å². The summed E-state index contributed by atoms with van der Waals surface area (Å²) in [6.45, 7) is 0. The molecule has 0 radical (unpaired) electrons. The van der Waals surface area contributed by atoms with Crippen molar-refractivity contribution in [2.24, 2.45) is 0 Å². The van der Waals surface area contributed by atoms with Gasteiger partial charge < -0.3 is 20.4 Å². The number of nitrogens with zero attached hydrogens (tertiary/aromatic N) is 3. The van der Waals surface area contributed by atoms with E-state index in [2.05, 4.69) is 30.9 Å². The third-order valence-corrected chi connectivity index (χ3v) is 5.77. The lowest BCUT2D eigenvalue weighted by Crippen LogP contribution is -2.07. The molecule has 0 bridgehead atoms. The van der Waals surface area contributed by atoms with Gasteiger partial charge in [0.15, 0.2) is 0 Å². The molecule has 0 aliphatic carbocycles. The van der Waals surface area contributed by atoms with Gasteiger partial charge in [0.2, 0.25) is 17.8 Å². The highest BCUT2D eigenvalue weighted by Crippen LogP contribution is 2.26. The molecule has 0 amide bonds. The van der Waals surface area contributed by atoms with Crippen molar-refractivity contribution >= 4 is 45.9 Å². The van der Waals surface area contributed by atoms with Gasteiger partial charge in [0.1, 0.15) is 5.58 Å². The van der Waals surface area contributed by atoms with E-state index in [1.54, 1.807) is 6.07 Å². The summed E-state index contributed by atoms with van der Waals surface area (Å²) in [7, 11) is 0. The molecule has 0 unspecified atom stereocenters. The van der Waals surface area contributed by atoms with Crippen molar-refractivity contribution in [2.45, 2.75) is 0 Å². The Morgan fingerprint density at radius 1 is 0.526 bits per heavy atom. The van der Waals surface area contributed by atoms with Gasteiger partial charge >= 0.3 is 5.63 Å². The predicted molar refractivity (Wildman–Crippen MR) is 150 cm³/mol. The lowest BCUT2D eigenvalue weighted by Gasteiger charge is -2.12. The van der Waals surface area contributed by atoms with E-state index in [1.807, 2.05) is 109 Å². The van der Waals surface area contributed by atoms with Crippen molar-refractivity contribution in [3.63, 3.8) is 0 Å². The Balaban J connectivity index is 1.32. The monoisotopic (exact) mass is 498 g/mol. The summed E-state index contributed by atoms with van der Waals surface area (Å²) in [5.41, 5.74) is 3.74. The zero-order valence-electron chi connectivity index (χ0n) is 20.1. The third-order valence-electron chi connectivity index (χ3n) is 5.77. The summed E-state index contributed by atoms with van der Waals surface area (Å²) in [6.07, 6.45) is 0. The Hall–Kier alpha value is -5.50. The SMILES string of the molecule is O=c1oc2cc(Nc3nc(Nc4ccccc4)nc(Nc4ccccc4)n3)ccc2cc1-c1ccccc1. The van der Waals surface area contributed by atoms with Crippen LogP contribution in [0.2, 0.25) is 0 Å². The fourth-order valence-electron chi connectivity index (χ4n) is 3.98. The standard InChI is InChI=1S/C30H22N6O2/c37-27-25(20-10-4-1-5-11-20)18-21-16-17-24(19-26(21)38-27)33-30-35-28(31-22-12-6-2-7-13-22)34-29(36-30)32-23-14-8-3-9-15-23/h1-19H,(H3,31,32,33,34,35,36). The number of hydrogen-bond acceptors (Lipinski definition) is 8. The first-order valence-corrected chi connectivity index (χ1v) is 12.0. The van der Waals surface area contributed by atoms with Crippen molar-refractivity contribution in [1.29, 1.82) is 0 Å². The van der Waals surface area contributed by atoms with Crippen molar-refractivity contribution in [3.8, 4) is 11.1 Å². The Morgan fingerprint density at radius 3 is 1.58 bits per heavy atom. The maximum absolute atomic E-state index is 12.7. The molecule has 8 nitrogen and oxygen atoms in total. The molecular formula is C30H22N6O2. The van der Waals surface area contributed by atoms with Crippen LogP contribution in [0.15, 0.2) is 124 Å². The van der Waals surface area contributed by atoms with E-state index < -0.39 is 5.63 Å². The van der Waals surface area contributed by atoms with E-state index in [0.29, 0.717) is 34.7 Å². The van der Waals surface area contributed by atoms with Gasteiger partial charge in [-0.1, -0.05) is 66.7 Å². The molecule has 2 heterocycles. The molecule has 6 aromatic rings. The molecule has 0 saturated heterocycles. The van der Waals surface area contributed by atoms with E-state index in [0.717, 1.165) is 22.3 Å². The molecule has 3 N–H and O–H groups in total. The van der Waals surface area contributed by atoms with Crippen LogP contribution in [0.1, 0.15) is 0 Å². The van der Waals surface area contributed by atoms with Crippen LogP contribution in [0.3, 0.4) is 0 Å². The number of fused-ring (bicyclic) bond motifs is 1. The van der Waals surface area contributed by atoms with Gasteiger partial charge in [-0.2, -0.15) is 15.0 Å². The first-order valence-electron chi connectivity index (χ1n) is 12.0. The largest absolute Gasteiger partial charge is 0.422 e. The molecule has 38 heavy (non-hydrogen) atoms. The summed E-state index contributed by atoms with van der Waals surface area (Å²) < 4.78 is 5.66. The number of nitrogens with one attached hydrogen (secondary N) is 3. The number of para-hydroxylation sites is 2. The Labute approximate surface area is 218 Å². The van der Waals surface area contributed by atoms with Crippen molar-refractivity contribution in [2.75, 3.05) is 16.0 Å². The molecule has 0 atom stereocenters. The van der Waals surface area contributed by atoms with Crippen LogP contribution in [-0.4, -0.2) is 15.0 Å². The zero-order chi connectivity index (χ0) is 25.7. The first-order chi connectivity index (χ1) is 18.7. The first kappa shape index (κ1) is 22.9. The smallest absolute Gasteiger partial charge is 0.344 e. The average molecular weight is 499 g/mol. The average Bonchev–Trinajstić information content (AvgIpc) is 2.94. The number of aromatic nitrogens is 3. The van der Waals surface area contributed by atoms with Gasteiger partial charge in [-0.3, -0.25) is 0 Å². The highest BCUT2D eigenvalue weighted by atomic mass is 16.4. The molecule has 8 heteroatoms. The van der Waals surface area contributed by atoms with Crippen LogP contribution < -0.4 is 21.6 Å². The van der Waals surface area contributed by atoms with Gasteiger partial charge in [-0.15, -0.1) is 0 Å². The zero-order valence-corrected chi connectivity index (χ0v) is 20.1. The second-order valence-corrected chi connectivity index (χ2v) is 8.48. The van der Waals surface area contributed by atoms with E-state index in [9.17, 15) is 4.79 Å². The second kappa shape index (κ2) is 10.2. The number of hydrogen-bond donors (Lipinski definition) is 3. The van der Waals surface area contributed by atoms with Gasteiger partial charge in [0.25, 0.3) is 0 Å². The number of benzene rings is 4. The minimum absolute atomic E-state index is 0.319. The molecule has 0 aliphatic rings. The van der Waals surface area contributed by atoms with Crippen molar-refractivity contribution in [1.82, 2.24) is 15.0 Å². The molecule has 0 fully saturated rings. The number of rotatable bonds is 7. The third kappa shape index (κ3) is 5.19. The van der Waals surface area contributed by atoms with Crippen molar-refractivity contribution < 1.29 is 4.42 Å². The molecule has 0 aliphatic heterocycles. The van der Waals surface area contributed by atoms with Gasteiger partial charge in [-0.05, 0) is 48.0 Å². The van der Waals surface area contributed by atoms with Crippen LogP contribution in [-0.2, 0) is 0 Å². The van der Waals surface area contributed by atoms with Crippen LogP contribution in [0.4, 0.5) is 34.9 Å². The quantitative estimate of drug-likeness (QED) is 0.205. The summed E-state index contributed by atoms with van der Waals surface area (Å²) in [5, 5.41) is 10.4. The topological polar surface area (TPSA) is 105 Å². The second-order valence-electron chi connectivity index (χ2n) is 8.48. The minimum atomic E-state index is -0.398. The van der Waals surface area contributed by atoms with E-state index in [4.69, 9.17) is 4.42 Å². The fourth-order valence-corrected chi connectivity index (χ4v) is 3.98. The molecule has 0 saturated carbocycles. The van der Waals surface area contributed by atoms with Gasteiger partial charge in [0, 0.05) is 28.5 Å². The normalized spacial score (nSPS) is 10.7. The van der Waals surface area contributed by atoms with Gasteiger partial charge in [-0.25, -0.2) is 4.79 Å². The van der Waals surface area contributed by atoms with E-state index in [1.165, 1.54) is 0 Å². The van der Waals surface area contributed by atoms with E-state index in [-0.39, 0.29) is 0 Å². The molecular weight excluding hydrogens is 476 g/mol. The molecule has 4 aromatic carbocycles. The Kier molecular flexibility index (Phi) is 6.18. The Morgan fingerprint density at radius 2 is 1.03 bits per heavy atom. The minimum Gasteiger partial charge on any atom is -0.422 e. The maximum atomic E-state index is 12.7. The van der Waals surface area contributed by atoms with Gasteiger partial charge in [0.05, 0.1) is 5.56 Å². The maximum Gasteiger partial charge on any atom is 0.344 e. The highest BCUT2D eigenvalue weighted by Gasteiger charge is 2.11.